The topological polar surface area (TPSA) is 37.4 Å². The molecule has 1 aromatic carbocycles. The van der Waals surface area contributed by atoms with Crippen LogP contribution < -0.4 is 0 Å². The lowest BCUT2D eigenvalue weighted by Crippen LogP contribution is -2.38. The first-order valence-corrected chi connectivity index (χ1v) is 8.86. The zero-order valence-electron chi connectivity index (χ0n) is 15.3. The van der Waals surface area contributed by atoms with Crippen LogP contribution in [0, 0.1) is 5.92 Å². The Morgan fingerprint density at radius 3 is 2.04 bits per heavy atom. The average molecular weight is 317 g/mol. The zero-order chi connectivity index (χ0) is 17.4. The van der Waals surface area contributed by atoms with Gasteiger partial charge in [0.15, 0.2) is 5.78 Å². The molecule has 23 heavy (non-hydrogen) atoms. The van der Waals surface area contributed by atoms with Gasteiger partial charge in [0.2, 0.25) is 5.91 Å². The van der Waals surface area contributed by atoms with E-state index in [4.69, 9.17) is 0 Å². The van der Waals surface area contributed by atoms with E-state index >= 15 is 0 Å². The highest BCUT2D eigenvalue weighted by atomic mass is 16.2. The van der Waals surface area contributed by atoms with Crippen LogP contribution in [-0.2, 0) is 4.79 Å². The minimum atomic E-state index is 0.107. The molecule has 2 rings (SSSR count). The van der Waals surface area contributed by atoms with Crippen molar-refractivity contribution in [3.05, 3.63) is 35.4 Å². The maximum atomic E-state index is 12.1. The van der Waals surface area contributed by atoms with Gasteiger partial charge in [-0.3, -0.25) is 9.59 Å². The van der Waals surface area contributed by atoms with Gasteiger partial charge in [0.05, 0.1) is 0 Å². The van der Waals surface area contributed by atoms with Crippen LogP contribution in [0.4, 0.5) is 0 Å². The monoisotopic (exact) mass is 317 g/mol. The lowest BCUT2D eigenvalue weighted by Gasteiger charge is -2.32. The Hall–Kier alpha value is -1.64. The number of benzene rings is 1. The highest BCUT2D eigenvalue weighted by molar-refractivity contribution is 5.94. The predicted molar refractivity (Wildman–Crippen MR) is 95.8 cm³/mol. The van der Waals surface area contributed by atoms with Gasteiger partial charge in [-0.1, -0.05) is 52.0 Å². The molecule has 1 amide bonds. The van der Waals surface area contributed by atoms with Gasteiger partial charge in [0, 0.05) is 25.1 Å². The second kappa shape index (κ2) is 9.49. The van der Waals surface area contributed by atoms with Crippen LogP contribution in [0.3, 0.4) is 0 Å². The van der Waals surface area contributed by atoms with Crippen molar-refractivity contribution in [3.63, 3.8) is 0 Å². The molecule has 0 unspecified atom stereocenters. The van der Waals surface area contributed by atoms with Crippen LogP contribution in [-0.4, -0.2) is 29.7 Å². The van der Waals surface area contributed by atoms with Gasteiger partial charge >= 0.3 is 0 Å². The Bertz CT molecular complexity index is 497. The van der Waals surface area contributed by atoms with Crippen molar-refractivity contribution in [2.45, 2.75) is 59.8 Å². The van der Waals surface area contributed by atoms with E-state index in [1.165, 1.54) is 5.56 Å². The number of likely N-dealkylation sites (tertiary alicyclic amines) is 1. The smallest absolute Gasteiger partial charge is 0.222 e. The molecule has 1 aliphatic rings. The van der Waals surface area contributed by atoms with Gasteiger partial charge in [0.1, 0.15) is 0 Å². The minimum absolute atomic E-state index is 0.107. The summed E-state index contributed by atoms with van der Waals surface area (Å²) in [6.07, 6.45) is 2.69. The number of carbonyl (C=O) groups is 2. The SMILES string of the molecule is CC.CC(=O)c1ccc(C2CCN(C(=O)CC(C)C)CC2)cc1. The van der Waals surface area contributed by atoms with E-state index in [1.54, 1.807) is 6.92 Å². The first-order valence-electron chi connectivity index (χ1n) is 8.86. The van der Waals surface area contributed by atoms with E-state index in [2.05, 4.69) is 26.0 Å². The van der Waals surface area contributed by atoms with Crippen molar-refractivity contribution in [1.82, 2.24) is 4.90 Å². The van der Waals surface area contributed by atoms with Crippen LogP contribution >= 0.6 is 0 Å². The van der Waals surface area contributed by atoms with Crippen LogP contribution in [0.1, 0.15) is 75.7 Å². The fraction of sp³-hybridized carbons (Fsp3) is 0.600. The predicted octanol–water partition coefficient (Wildman–Crippen LogP) is 4.67. The summed E-state index contributed by atoms with van der Waals surface area (Å²) in [6.45, 7) is 11.5. The van der Waals surface area contributed by atoms with Gasteiger partial charge in [-0.05, 0) is 37.2 Å². The highest BCUT2D eigenvalue weighted by Gasteiger charge is 2.24. The lowest BCUT2D eigenvalue weighted by atomic mass is 9.88. The first kappa shape index (κ1) is 19.4. The maximum absolute atomic E-state index is 12.1. The lowest BCUT2D eigenvalue weighted by molar-refractivity contribution is -0.133. The average Bonchev–Trinajstić information content (AvgIpc) is 2.56. The van der Waals surface area contributed by atoms with Crippen LogP contribution in [0.15, 0.2) is 24.3 Å². The van der Waals surface area contributed by atoms with Crippen molar-refractivity contribution in [1.29, 1.82) is 0 Å². The fourth-order valence-corrected chi connectivity index (χ4v) is 2.93. The molecule has 1 fully saturated rings. The number of piperidine rings is 1. The number of carbonyl (C=O) groups excluding carboxylic acids is 2. The van der Waals surface area contributed by atoms with E-state index in [-0.39, 0.29) is 11.7 Å². The van der Waals surface area contributed by atoms with Crippen molar-refractivity contribution in [2.24, 2.45) is 5.92 Å². The summed E-state index contributed by atoms with van der Waals surface area (Å²) >= 11 is 0. The summed E-state index contributed by atoms with van der Waals surface area (Å²) in [6, 6.07) is 7.95. The summed E-state index contributed by atoms with van der Waals surface area (Å²) in [7, 11) is 0. The van der Waals surface area contributed by atoms with Crippen molar-refractivity contribution >= 4 is 11.7 Å². The molecule has 0 radical (unpaired) electrons. The number of nitrogens with zero attached hydrogens (tertiary/aromatic N) is 1. The van der Waals surface area contributed by atoms with Gasteiger partial charge in [-0.2, -0.15) is 0 Å². The minimum Gasteiger partial charge on any atom is -0.343 e. The molecule has 3 heteroatoms. The van der Waals surface area contributed by atoms with E-state index in [0.717, 1.165) is 31.5 Å². The fourth-order valence-electron chi connectivity index (χ4n) is 2.93. The second-order valence-corrected chi connectivity index (χ2v) is 6.43. The van der Waals surface area contributed by atoms with E-state index < -0.39 is 0 Å². The third-order valence-corrected chi connectivity index (χ3v) is 4.22. The van der Waals surface area contributed by atoms with Gasteiger partial charge in [0.25, 0.3) is 0 Å². The van der Waals surface area contributed by atoms with Crippen LogP contribution in [0.25, 0.3) is 0 Å². The molecule has 0 N–H and O–H groups in total. The normalized spacial score (nSPS) is 15.1. The quantitative estimate of drug-likeness (QED) is 0.757. The molecule has 1 saturated heterocycles. The summed E-state index contributed by atoms with van der Waals surface area (Å²) < 4.78 is 0. The largest absolute Gasteiger partial charge is 0.343 e. The van der Waals surface area contributed by atoms with Gasteiger partial charge < -0.3 is 4.90 Å². The van der Waals surface area contributed by atoms with Crippen molar-refractivity contribution < 1.29 is 9.59 Å². The molecule has 0 spiro atoms. The molecule has 0 bridgehead atoms. The van der Waals surface area contributed by atoms with E-state index in [1.807, 2.05) is 30.9 Å². The molecule has 1 heterocycles. The van der Waals surface area contributed by atoms with E-state index in [9.17, 15) is 9.59 Å². The molecule has 128 valence electrons. The van der Waals surface area contributed by atoms with Crippen LogP contribution in [0.5, 0.6) is 0 Å². The molecular weight excluding hydrogens is 286 g/mol. The first-order chi connectivity index (χ1) is 11.0. The van der Waals surface area contributed by atoms with E-state index in [0.29, 0.717) is 18.3 Å². The third kappa shape index (κ3) is 5.81. The highest BCUT2D eigenvalue weighted by Crippen LogP contribution is 2.28. The Morgan fingerprint density at radius 2 is 1.61 bits per heavy atom. The Labute approximate surface area is 141 Å². The summed E-state index contributed by atoms with van der Waals surface area (Å²) in [5.41, 5.74) is 2.05. The molecule has 0 aromatic heterocycles. The summed E-state index contributed by atoms with van der Waals surface area (Å²) in [4.78, 5) is 25.4. The van der Waals surface area contributed by atoms with Gasteiger partial charge in [-0.25, -0.2) is 0 Å². The maximum Gasteiger partial charge on any atom is 0.222 e. The number of Topliss-reactive ketones (excluding diaryl/α,β-unsaturated/α-hetero) is 1. The number of rotatable bonds is 4. The summed E-state index contributed by atoms with van der Waals surface area (Å²) in [5.74, 6) is 1.33. The Morgan fingerprint density at radius 1 is 1.09 bits per heavy atom. The standard InChI is InChI=1S/C18H25NO2.C2H6/c1-13(2)12-18(21)19-10-8-17(9-11-19)16-6-4-15(5-7-16)14(3)20;1-2/h4-7,13,17H,8-12H2,1-3H3;1-2H3. The molecule has 0 atom stereocenters. The van der Waals surface area contributed by atoms with Gasteiger partial charge in [-0.15, -0.1) is 0 Å². The molecule has 1 aliphatic heterocycles. The summed E-state index contributed by atoms with van der Waals surface area (Å²) in [5, 5.41) is 0. The Kier molecular flexibility index (Phi) is 8.01. The number of hydrogen-bond acceptors (Lipinski definition) is 2. The molecule has 3 nitrogen and oxygen atoms in total. The molecular formula is C20H31NO2. The van der Waals surface area contributed by atoms with Crippen molar-refractivity contribution in [3.8, 4) is 0 Å². The number of ketones is 1. The number of amides is 1. The number of hydrogen-bond donors (Lipinski definition) is 0. The Balaban J connectivity index is 0.00000127. The molecule has 0 aliphatic carbocycles. The van der Waals surface area contributed by atoms with Crippen molar-refractivity contribution in [2.75, 3.05) is 13.1 Å². The zero-order valence-corrected chi connectivity index (χ0v) is 15.3. The molecule has 1 aromatic rings. The third-order valence-electron chi connectivity index (χ3n) is 4.22. The molecule has 0 saturated carbocycles. The second-order valence-electron chi connectivity index (χ2n) is 6.43. The van der Waals surface area contributed by atoms with Crippen LogP contribution in [0.2, 0.25) is 0 Å².